The monoisotopic (exact) mass is 312 g/mol. The van der Waals surface area contributed by atoms with Crippen molar-refractivity contribution in [3.8, 4) is 0 Å². The van der Waals surface area contributed by atoms with Gasteiger partial charge < -0.3 is 14.9 Å². The first-order chi connectivity index (χ1) is 10.0. The van der Waals surface area contributed by atoms with Crippen molar-refractivity contribution in [1.29, 1.82) is 0 Å². The Morgan fingerprint density at radius 3 is 2.90 bits per heavy atom. The molecule has 0 aromatic carbocycles. The van der Waals surface area contributed by atoms with Crippen molar-refractivity contribution in [3.63, 3.8) is 0 Å². The Kier molecular flexibility index (Phi) is 5.22. The highest BCUT2D eigenvalue weighted by atomic mass is 35.5. The third kappa shape index (κ3) is 3.75. The normalized spacial score (nSPS) is 18.0. The van der Waals surface area contributed by atoms with Crippen LogP contribution in [0.3, 0.4) is 0 Å². The molecule has 0 bridgehead atoms. The largest absolute Gasteiger partial charge is 0.465 e. The number of hydrogen-bond acceptors (Lipinski definition) is 4. The summed E-state index contributed by atoms with van der Waals surface area (Å²) in [5.74, 6) is 0.794. The Balaban J connectivity index is 2.12. The number of aryl methyl sites for hydroxylation is 1. The zero-order chi connectivity index (χ0) is 15.4. The molecule has 6 nitrogen and oxygen atoms in total. The number of likely N-dealkylation sites (N-methyl/N-ethyl adjacent to an activating group) is 1. The zero-order valence-corrected chi connectivity index (χ0v) is 13.2. The summed E-state index contributed by atoms with van der Waals surface area (Å²) in [4.78, 5) is 23.3. The van der Waals surface area contributed by atoms with E-state index < -0.39 is 6.09 Å². The Morgan fingerprint density at radius 2 is 2.29 bits per heavy atom. The molecule has 1 aliphatic rings. The molecule has 1 amide bonds. The number of hydrogen-bond donors (Lipinski definition) is 1. The molecular formula is C14H21ClN4O2. The van der Waals surface area contributed by atoms with Gasteiger partial charge in [-0.2, -0.15) is 0 Å². The average Bonchev–Trinajstić information content (AvgIpc) is 2.88. The zero-order valence-electron chi connectivity index (χ0n) is 12.4. The van der Waals surface area contributed by atoms with Crippen LogP contribution < -0.4 is 4.90 Å². The van der Waals surface area contributed by atoms with Gasteiger partial charge in [-0.15, -0.1) is 0 Å². The smallest absolute Gasteiger partial charge is 0.407 e. The molecular weight excluding hydrogens is 292 g/mol. The van der Waals surface area contributed by atoms with Gasteiger partial charge in [0.15, 0.2) is 0 Å². The number of rotatable bonds is 5. The van der Waals surface area contributed by atoms with Crippen LogP contribution in [0.15, 0.2) is 6.07 Å². The van der Waals surface area contributed by atoms with E-state index in [2.05, 4.69) is 21.8 Å². The molecule has 1 aromatic rings. The second kappa shape index (κ2) is 6.93. The van der Waals surface area contributed by atoms with Crippen LogP contribution in [0.4, 0.5) is 10.6 Å². The lowest BCUT2D eigenvalue weighted by Crippen LogP contribution is -2.41. The van der Waals surface area contributed by atoms with Gasteiger partial charge in [-0.1, -0.05) is 13.3 Å². The number of amides is 1. The fraction of sp³-hybridized carbons (Fsp3) is 0.643. The molecule has 1 unspecified atom stereocenters. The van der Waals surface area contributed by atoms with E-state index in [1.165, 1.54) is 4.90 Å². The maximum atomic E-state index is 11.2. The Bertz CT molecular complexity index is 512. The van der Waals surface area contributed by atoms with Crippen molar-refractivity contribution in [2.24, 2.45) is 0 Å². The number of carbonyl (C=O) groups is 1. The van der Waals surface area contributed by atoms with E-state index in [-0.39, 0.29) is 11.3 Å². The summed E-state index contributed by atoms with van der Waals surface area (Å²) in [6.45, 7) is 5.89. The molecule has 1 aromatic heterocycles. The maximum absolute atomic E-state index is 11.2. The van der Waals surface area contributed by atoms with Crippen LogP contribution in [0.2, 0.25) is 5.28 Å². The molecule has 2 heterocycles. The Morgan fingerprint density at radius 1 is 1.52 bits per heavy atom. The van der Waals surface area contributed by atoms with Gasteiger partial charge in [0, 0.05) is 31.4 Å². The van der Waals surface area contributed by atoms with Gasteiger partial charge in [-0.3, -0.25) is 0 Å². The van der Waals surface area contributed by atoms with Crippen molar-refractivity contribution in [2.75, 3.05) is 24.5 Å². The molecule has 2 rings (SSSR count). The van der Waals surface area contributed by atoms with E-state index in [0.717, 1.165) is 37.3 Å². The van der Waals surface area contributed by atoms with E-state index in [1.807, 2.05) is 13.0 Å². The summed E-state index contributed by atoms with van der Waals surface area (Å²) in [6, 6.07) is 1.96. The average molecular weight is 313 g/mol. The minimum atomic E-state index is -0.864. The van der Waals surface area contributed by atoms with Crippen LogP contribution in [-0.2, 0) is 6.42 Å². The minimum absolute atomic E-state index is 0.0101. The van der Waals surface area contributed by atoms with Gasteiger partial charge in [-0.25, -0.2) is 14.8 Å². The van der Waals surface area contributed by atoms with Gasteiger partial charge in [0.05, 0.1) is 6.04 Å². The summed E-state index contributed by atoms with van der Waals surface area (Å²) in [7, 11) is 0. The van der Waals surface area contributed by atoms with E-state index in [1.54, 1.807) is 0 Å². The first-order valence-corrected chi connectivity index (χ1v) is 7.70. The highest BCUT2D eigenvalue weighted by molar-refractivity contribution is 6.28. The van der Waals surface area contributed by atoms with Gasteiger partial charge in [0.2, 0.25) is 5.28 Å². The molecule has 7 heteroatoms. The predicted molar refractivity (Wildman–Crippen MR) is 82.1 cm³/mol. The maximum Gasteiger partial charge on any atom is 0.407 e. The highest BCUT2D eigenvalue weighted by Crippen LogP contribution is 2.23. The quantitative estimate of drug-likeness (QED) is 0.846. The van der Waals surface area contributed by atoms with Crippen molar-refractivity contribution in [1.82, 2.24) is 14.9 Å². The van der Waals surface area contributed by atoms with Crippen LogP contribution in [0.1, 0.15) is 32.4 Å². The summed E-state index contributed by atoms with van der Waals surface area (Å²) in [5.41, 5.74) is 0.932. The standard InChI is InChI=1S/C14H21ClN4O2/c1-3-5-10-8-12(17-13(15)16-10)18-7-6-11(9-18)19(4-2)14(20)21/h8,11H,3-7,9H2,1-2H3,(H,20,21). The number of halogens is 1. The van der Waals surface area contributed by atoms with E-state index in [0.29, 0.717) is 13.1 Å². The molecule has 0 spiro atoms. The van der Waals surface area contributed by atoms with Crippen LogP contribution in [-0.4, -0.2) is 51.7 Å². The second-order valence-corrected chi connectivity index (χ2v) is 5.53. The molecule has 21 heavy (non-hydrogen) atoms. The lowest BCUT2D eigenvalue weighted by molar-refractivity contribution is 0.131. The van der Waals surface area contributed by atoms with Gasteiger partial charge in [0.1, 0.15) is 5.82 Å². The molecule has 1 aliphatic heterocycles. The van der Waals surface area contributed by atoms with E-state index in [4.69, 9.17) is 11.6 Å². The first kappa shape index (κ1) is 15.8. The third-order valence-corrected chi connectivity index (χ3v) is 3.93. The van der Waals surface area contributed by atoms with Crippen molar-refractivity contribution in [3.05, 3.63) is 17.0 Å². The minimum Gasteiger partial charge on any atom is -0.465 e. The number of aromatic nitrogens is 2. The molecule has 0 saturated carbocycles. The SMILES string of the molecule is CCCc1cc(N2CCC(N(CC)C(=O)O)C2)nc(Cl)n1. The topological polar surface area (TPSA) is 69.6 Å². The molecule has 1 saturated heterocycles. The Hall–Kier alpha value is -1.56. The summed E-state index contributed by atoms with van der Waals surface area (Å²) < 4.78 is 0. The number of anilines is 1. The molecule has 1 atom stereocenters. The van der Waals surface area contributed by atoms with Crippen LogP contribution in [0.25, 0.3) is 0 Å². The van der Waals surface area contributed by atoms with Crippen LogP contribution in [0, 0.1) is 0 Å². The lowest BCUT2D eigenvalue weighted by atomic mass is 10.2. The van der Waals surface area contributed by atoms with Crippen molar-refractivity contribution < 1.29 is 9.90 Å². The first-order valence-electron chi connectivity index (χ1n) is 7.33. The van der Waals surface area contributed by atoms with Gasteiger partial charge in [0.25, 0.3) is 0 Å². The Labute approximate surface area is 129 Å². The number of nitrogens with zero attached hydrogens (tertiary/aromatic N) is 4. The molecule has 0 aliphatic carbocycles. The summed E-state index contributed by atoms with van der Waals surface area (Å²) >= 11 is 5.99. The van der Waals surface area contributed by atoms with Crippen LogP contribution >= 0.6 is 11.6 Å². The summed E-state index contributed by atoms with van der Waals surface area (Å²) in [6.07, 6.45) is 1.81. The third-order valence-electron chi connectivity index (χ3n) is 3.76. The fourth-order valence-corrected chi connectivity index (χ4v) is 2.95. The van der Waals surface area contributed by atoms with Gasteiger partial charge >= 0.3 is 6.09 Å². The molecule has 0 radical (unpaired) electrons. The lowest BCUT2D eigenvalue weighted by Gasteiger charge is -2.25. The number of carboxylic acid groups (broad SMARTS) is 1. The van der Waals surface area contributed by atoms with E-state index >= 15 is 0 Å². The predicted octanol–water partition coefficient (Wildman–Crippen LogP) is 2.66. The van der Waals surface area contributed by atoms with E-state index in [9.17, 15) is 9.90 Å². The molecule has 1 fully saturated rings. The molecule has 1 N–H and O–H groups in total. The highest BCUT2D eigenvalue weighted by Gasteiger charge is 2.30. The fourth-order valence-electron chi connectivity index (χ4n) is 2.75. The summed E-state index contributed by atoms with van der Waals surface area (Å²) in [5, 5.41) is 9.46. The molecule has 116 valence electrons. The van der Waals surface area contributed by atoms with Crippen LogP contribution in [0.5, 0.6) is 0 Å². The van der Waals surface area contributed by atoms with Crippen molar-refractivity contribution >= 4 is 23.5 Å². The van der Waals surface area contributed by atoms with Crippen molar-refractivity contribution in [2.45, 2.75) is 39.2 Å². The van der Waals surface area contributed by atoms with Gasteiger partial charge in [-0.05, 0) is 31.4 Å². The second-order valence-electron chi connectivity index (χ2n) is 5.19.